The van der Waals surface area contributed by atoms with Gasteiger partial charge in [-0.25, -0.2) is 0 Å². The van der Waals surface area contributed by atoms with Crippen LogP contribution in [0.2, 0.25) is 0 Å². The molecule has 0 aromatic rings. The van der Waals surface area contributed by atoms with Gasteiger partial charge in [-0.3, -0.25) is 0 Å². The third-order valence-electron chi connectivity index (χ3n) is 4.62. The number of hydrogen-bond donors (Lipinski definition) is 2. The number of rotatable bonds is 1. The van der Waals surface area contributed by atoms with Crippen molar-refractivity contribution in [3.05, 3.63) is 0 Å². The summed E-state index contributed by atoms with van der Waals surface area (Å²) in [7, 11) is 1.90. The third kappa shape index (κ3) is 1.94. The molecule has 0 aromatic heterocycles. The first-order valence-electron chi connectivity index (χ1n) is 6.54. The van der Waals surface area contributed by atoms with E-state index in [1.807, 2.05) is 7.05 Å². The Morgan fingerprint density at radius 1 is 1.24 bits per heavy atom. The highest BCUT2D eigenvalue weighted by atomic mass is 32.1. The third-order valence-corrected chi connectivity index (χ3v) is 4.95. The molecule has 0 radical (unpaired) electrons. The Morgan fingerprint density at radius 2 is 1.82 bits per heavy atom. The number of fused-ring (bicyclic) bond motifs is 1. The van der Waals surface area contributed by atoms with Crippen molar-refractivity contribution in [1.82, 2.24) is 20.4 Å². The molecule has 4 rings (SSSR count). The molecule has 4 aliphatic heterocycles. The van der Waals surface area contributed by atoms with Crippen molar-refractivity contribution >= 4 is 17.3 Å². The van der Waals surface area contributed by atoms with E-state index in [4.69, 9.17) is 12.2 Å². The maximum Gasteiger partial charge on any atom is 0.166 e. The van der Waals surface area contributed by atoms with E-state index in [1.54, 1.807) is 0 Å². The van der Waals surface area contributed by atoms with Gasteiger partial charge in [0.1, 0.15) is 0 Å². The van der Waals surface area contributed by atoms with Gasteiger partial charge in [0.15, 0.2) is 5.11 Å². The van der Waals surface area contributed by atoms with Crippen molar-refractivity contribution in [3.8, 4) is 0 Å². The zero-order valence-electron chi connectivity index (χ0n) is 10.7. The molecule has 4 bridgehead atoms. The molecule has 4 heterocycles. The highest BCUT2D eigenvalue weighted by Gasteiger charge is 2.51. The second-order valence-corrected chi connectivity index (χ2v) is 6.49. The van der Waals surface area contributed by atoms with E-state index in [1.165, 1.54) is 39.3 Å². The molecule has 96 valence electrons. The molecule has 5 heteroatoms. The van der Waals surface area contributed by atoms with Crippen LogP contribution in [0.4, 0.5) is 0 Å². The highest BCUT2D eigenvalue weighted by molar-refractivity contribution is 7.80. The molecule has 4 fully saturated rings. The molecule has 3 atom stereocenters. The van der Waals surface area contributed by atoms with Gasteiger partial charge in [0, 0.05) is 63.7 Å². The van der Waals surface area contributed by atoms with Crippen molar-refractivity contribution < 1.29 is 0 Å². The minimum atomic E-state index is 0.346. The van der Waals surface area contributed by atoms with E-state index in [9.17, 15) is 0 Å². The number of hydrogen-bond acceptors (Lipinski definition) is 3. The molecule has 17 heavy (non-hydrogen) atoms. The van der Waals surface area contributed by atoms with E-state index in [0.29, 0.717) is 11.5 Å². The van der Waals surface area contributed by atoms with E-state index >= 15 is 0 Å². The molecule has 0 aliphatic carbocycles. The van der Waals surface area contributed by atoms with Gasteiger partial charge < -0.3 is 20.4 Å². The minimum Gasteiger partial charge on any atom is -0.366 e. The van der Waals surface area contributed by atoms with Gasteiger partial charge in [-0.2, -0.15) is 0 Å². The number of thiocarbonyl (C=S) groups is 1. The topological polar surface area (TPSA) is 30.5 Å². The summed E-state index contributed by atoms with van der Waals surface area (Å²) in [5.41, 5.74) is 0.346. The SMILES string of the molecule is CNC(=S)N[C@@H]1C2CN3CCN(C2)CC1(C)C3. The van der Waals surface area contributed by atoms with Gasteiger partial charge in [0.05, 0.1) is 0 Å². The fourth-order valence-electron chi connectivity index (χ4n) is 4.03. The first-order chi connectivity index (χ1) is 8.10. The molecular formula is C12H22N4S. The van der Waals surface area contributed by atoms with E-state index in [-0.39, 0.29) is 0 Å². The van der Waals surface area contributed by atoms with Crippen molar-refractivity contribution in [3.63, 3.8) is 0 Å². The van der Waals surface area contributed by atoms with E-state index < -0.39 is 0 Å². The summed E-state index contributed by atoms with van der Waals surface area (Å²) >= 11 is 5.29. The van der Waals surface area contributed by atoms with Gasteiger partial charge in [-0.05, 0) is 12.2 Å². The second-order valence-electron chi connectivity index (χ2n) is 6.09. The second kappa shape index (κ2) is 4.07. The Morgan fingerprint density at radius 3 is 2.29 bits per heavy atom. The van der Waals surface area contributed by atoms with Crippen LogP contribution < -0.4 is 10.6 Å². The molecule has 0 amide bonds. The lowest BCUT2D eigenvalue weighted by atomic mass is 9.69. The standard InChI is InChI=1S/C12H22N4S/c1-12-7-15-3-4-16(8-12)6-9(5-15)10(12)14-11(17)13-2/h9-10H,3-8H2,1-2H3,(H2,13,14,17)/t9?,10-,12?/m1/s1. The predicted octanol–water partition coefficient (Wildman–Crippen LogP) is -0.284. The largest absolute Gasteiger partial charge is 0.366 e. The van der Waals surface area contributed by atoms with Crippen LogP contribution in [0.25, 0.3) is 0 Å². The average Bonchev–Trinajstić information content (AvgIpc) is 2.51. The summed E-state index contributed by atoms with van der Waals surface area (Å²) in [5, 5.41) is 7.40. The fourth-order valence-corrected chi connectivity index (χ4v) is 4.15. The summed E-state index contributed by atoms with van der Waals surface area (Å²) < 4.78 is 0. The van der Waals surface area contributed by atoms with Gasteiger partial charge >= 0.3 is 0 Å². The molecule has 0 spiro atoms. The predicted molar refractivity (Wildman–Crippen MR) is 73.1 cm³/mol. The van der Waals surface area contributed by atoms with Crippen LogP contribution in [0.3, 0.4) is 0 Å². The zero-order chi connectivity index (χ0) is 12.0. The van der Waals surface area contributed by atoms with E-state index in [2.05, 4.69) is 27.4 Å². The smallest absolute Gasteiger partial charge is 0.166 e. The van der Waals surface area contributed by atoms with Gasteiger partial charge in [0.25, 0.3) is 0 Å². The lowest BCUT2D eigenvalue weighted by Gasteiger charge is -2.54. The number of nitrogens with one attached hydrogen (secondary N) is 2. The first-order valence-corrected chi connectivity index (χ1v) is 6.94. The van der Waals surface area contributed by atoms with Crippen LogP contribution in [0.1, 0.15) is 6.92 Å². The van der Waals surface area contributed by atoms with Crippen LogP contribution in [-0.2, 0) is 0 Å². The monoisotopic (exact) mass is 254 g/mol. The van der Waals surface area contributed by atoms with Crippen LogP contribution in [0.5, 0.6) is 0 Å². The van der Waals surface area contributed by atoms with Crippen LogP contribution in [0.15, 0.2) is 0 Å². The number of piperidine rings is 2. The summed E-state index contributed by atoms with van der Waals surface area (Å²) in [6.45, 7) is 9.80. The maximum absolute atomic E-state index is 5.29. The molecule has 4 nitrogen and oxygen atoms in total. The molecular weight excluding hydrogens is 232 g/mol. The lowest BCUT2D eigenvalue weighted by Crippen LogP contribution is -2.68. The van der Waals surface area contributed by atoms with E-state index in [0.717, 1.165) is 11.0 Å². The highest BCUT2D eigenvalue weighted by Crippen LogP contribution is 2.40. The van der Waals surface area contributed by atoms with Crippen molar-refractivity contribution in [2.75, 3.05) is 46.3 Å². The maximum atomic E-state index is 5.29. The Kier molecular flexibility index (Phi) is 2.80. The van der Waals surface area contributed by atoms with Gasteiger partial charge in [0.2, 0.25) is 0 Å². The summed E-state index contributed by atoms with van der Waals surface area (Å²) in [5.74, 6) is 0.719. The Bertz CT molecular complexity index is 316. The van der Waals surface area contributed by atoms with Crippen LogP contribution in [-0.4, -0.2) is 67.3 Å². The molecule has 2 unspecified atom stereocenters. The Balaban J connectivity index is 1.83. The Labute approximate surface area is 109 Å². The molecule has 0 saturated carbocycles. The summed E-state index contributed by atoms with van der Waals surface area (Å²) in [6.07, 6.45) is 0. The minimum absolute atomic E-state index is 0.346. The molecule has 4 saturated heterocycles. The van der Waals surface area contributed by atoms with Crippen LogP contribution >= 0.6 is 12.2 Å². The number of nitrogens with zero attached hydrogens (tertiary/aromatic N) is 2. The van der Waals surface area contributed by atoms with Crippen molar-refractivity contribution in [2.45, 2.75) is 13.0 Å². The van der Waals surface area contributed by atoms with Gasteiger partial charge in [-0.1, -0.05) is 6.92 Å². The van der Waals surface area contributed by atoms with Crippen molar-refractivity contribution in [1.29, 1.82) is 0 Å². The normalized spacial score (nSPS) is 47.6. The Hall–Kier alpha value is -0.390. The van der Waals surface area contributed by atoms with Crippen LogP contribution in [0, 0.1) is 11.3 Å². The summed E-state index contributed by atoms with van der Waals surface area (Å²) in [4.78, 5) is 5.27. The summed E-state index contributed by atoms with van der Waals surface area (Å²) in [6, 6.07) is 0.535. The fraction of sp³-hybridized carbons (Fsp3) is 0.917. The average molecular weight is 254 g/mol. The van der Waals surface area contributed by atoms with Gasteiger partial charge in [-0.15, -0.1) is 0 Å². The zero-order valence-corrected chi connectivity index (χ0v) is 11.5. The molecule has 0 aromatic carbocycles. The molecule has 2 N–H and O–H groups in total. The molecule has 4 aliphatic rings. The quantitative estimate of drug-likeness (QED) is 0.628. The first kappa shape index (κ1) is 11.7. The van der Waals surface area contributed by atoms with Crippen molar-refractivity contribution in [2.24, 2.45) is 11.3 Å². The lowest BCUT2D eigenvalue weighted by molar-refractivity contribution is -0.0124.